The van der Waals surface area contributed by atoms with Crippen molar-refractivity contribution in [2.45, 2.75) is 12.6 Å². The first-order valence-electron chi connectivity index (χ1n) is 4.75. The molecule has 1 aromatic rings. The number of aliphatic hydroxyl groups is 1. The number of methoxy groups -OCH3 is 2. The molecule has 0 radical (unpaired) electrons. The lowest BCUT2D eigenvalue weighted by molar-refractivity contribution is 0.181. The molecule has 15 heavy (non-hydrogen) atoms. The summed E-state index contributed by atoms with van der Waals surface area (Å²) < 4.78 is 10.2. The molecule has 0 aliphatic carbocycles. The van der Waals surface area contributed by atoms with E-state index in [2.05, 4.69) is 0 Å². The second-order valence-electron chi connectivity index (χ2n) is 3.29. The van der Waals surface area contributed by atoms with Crippen LogP contribution in [0.4, 0.5) is 0 Å². The van der Waals surface area contributed by atoms with Crippen molar-refractivity contribution in [2.24, 2.45) is 5.73 Å². The molecule has 0 bridgehead atoms. The Bertz CT molecular complexity index is 315. The lowest BCUT2D eigenvalue weighted by Gasteiger charge is -2.13. The zero-order valence-electron chi connectivity index (χ0n) is 9.06. The van der Waals surface area contributed by atoms with Crippen molar-refractivity contribution in [3.8, 4) is 5.75 Å². The molecule has 4 heteroatoms. The lowest BCUT2D eigenvalue weighted by Crippen LogP contribution is -2.14. The van der Waals surface area contributed by atoms with Gasteiger partial charge in [-0.1, -0.05) is 6.07 Å². The minimum Gasteiger partial charge on any atom is -0.496 e. The largest absolute Gasteiger partial charge is 0.496 e. The number of benzene rings is 1. The molecular weight excluding hydrogens is 194 g/mol. The highest BCUT2D eigenvalue weighted by atomic mass is 16.5. The van der Waals surface area contributed by atoms with Gasteiger partial charge in [0.2, 0.25) is 0 Å². The summed E-state index contributed by atoms with van der Waals surface area (Å²) >= 11 is 0. The maximum absolute atomic E-state index is 8.95. The third-order valence-electron chi connectivity index (χ3n) is 2.23. The van der Waals surface area contributed by atoms with E-state index in [4.69, 9.17) is 20.3 Å². The molecule has 0 heterocycles. The average molecular weight is 211 g/mol. The molecule has 0 spiro atoms. The molecule has 1 atom stereocenters. The molecule has 1 aromatic carbocycles. The van der Waals surface area contributed by atoms with Crippen LogP contribution in [0.1, 0.15) is 17.2 Å². The summed E-state index contributed by atoms with van der Waals surface area (Å²) in [5, 5.41) is 8.95. The predicted molar refractivity (Wildman–Crippen MR) is 57.7 cm³/mol. The molecule has 0 saturated carbocycles. The SMILES string of the molecule is COCc1cc(C(N)CO)ccc1OC. The van der Waals surface area contributed by atoms with E-state index in [0.29, 0.717) is 6.61 Å². The Morgan fingerprint density at radius 3 is 2.67 bits per heavy atom. The monoisotopic (exact) mass is 211 g/mol. The Kier molecular flexibility index (Phi) is 4.55. The van der Waals surface area contributed by atoms with Crippen molar-refractivity contribution >= 4 is 0 Å². The molecule has 1 rings (SSSR count). The minimum absolute atomic E-state index is 0.0707. The molecule has 4 nitrogen and oxygen atoms in total. The lowest BCUT2D eigenvalue weighted by atomic mass is 10.0. The van der Waals surface area contributed by atoms with Crippen LogP contribution in [-0.4, -0.2) is 25.9 Å². The predicted octanol–water partition coefficient (Wildman–Crippen LogP) is 0.834. The molecule has 0 aliphatic heterocycles. The minimum atomic E-state index is -0.355. The highest BCUT2D eigenvalue weighted by Gasteiger charge is 2.08. The van der Waals surface area contributed by atoms with Gasteiger partial charge in [-0.2, -0.15) is 0 Å². The molecule has 84 valence electrons. The second kappa shape index (κ2) is 5.70. The third kappa shape index (κ3) is 2.92. The molecule has 0 saturated heterocycles. The number of aliphatic hydroxyl groups excluding tert-OH is 1. The number of rotatable bonds is 5. The van der Waals surface area contributed by atoms with Crippen molar-refractivity contribution in [1.82, 2.24) is 0 Å². The summed E-state index contributed by atoms with van der Waals surface area (Å²) in [6, 6.07) is 5.22. The van der Waals surface area contributed by atoms with Crippen LogP contribution in [-0.2, 0) is 11.3 Å². The summed E-state index contributed by atoms with van der Waals surface area (Å²) in [6.07, 6.45) is 0. The number of ether oxygens (including phenoxy) is 2. The Labute approximate surface area is 89.6 Å². The Balaban J connectivity index is 2.98. The van der Waals surface area contributed by atoms with Crippen molar-refractivity contribution in [2.75, 3.05) is 20.8 Å². The van der Waals surface area contributed by atoms with Crippen LogP contribution >= 0.6 is 0 Å². The van der Waals surface area contributed by atoms with E-state index in [-0.39, 0.29) is 12.6 Å². The van der Waals surface area contributed by atoms with Crippen molar-refractivity contribution in [3.63, 3.8) is 0 Å². The van der Waals surface area contributed by atoms with Gasteiger partial charge in [-0.25, -0.2) is 0 Å². The first-order chi connectivity index (χ1) is 7.22. The normalized spacial score (nSPS) is 12.5. The summed E-state index contributed by atoms with van der Waals surface area (Å²) in [6.45, 7) is 0.397. The van der Waals surface area contributed by atoms with Gasteiger partial charge in [0.1, 0.15) is 5.75 Å². The zero-order valence-corrected chi connectivity index (χ0v) is 9.06. The smallest absolute Gasteiger partial charge is 0.124 e. The van der Waals surface area contributed by atoms with E-state index >= 15 is 0 Å². The fraction of sp³-hybridized carbons (Fsp3) is 0.455. The van der Waals surface area contributed by atoms with Gasteiger partial charge in [-0.05, 0) is 17.7 Å². The van der Waals surface area contributed by atoms with E-state index in [9.17, 15) is 0 Å². The molecule has 0 aromatic heterocycles. The summed E-state index contributed by atoms with van der Waals surface area (Å²) in [4.78, 5) is 0. The Hall–Kier alpha value is -1.10. The standard InChI is InChI=1S/C11H17NO3/c1-14-7-9-5-8(10(12)6-13)3-4-11(9)15-2/h3-5,10,13H,6-7,12H2,1-2H3. The summed E-state index contributed by atoms with van der Waals surface area (Å²) in [7, 11) is 3.23. The van der Waals surface area contributed by atoms with Crippen molar-refractivity contribution in [3.05, 3.63) is 29.3 Å². The van der Waals surface area contributed by atoms with Gasteiger partial charge in [-0.15, -0.1) is 0 Å². The van der Waals surface area contributed by atoms with Crippen LogP contribution in [0.3, 0.4) is 0 Å². The first-order valence-corrected chi connectivity index (χ1v) is 4.75. The van der Waals surface area contributed by atoms with E-state index < -0.39 is 0 Å². The molecule has 0 aliphatic rings. The van der Waals surface area contributed by atoms with Crippen LogP contribution in [0.25, 0.3) is 0 Å². The molecule has 3 N–H and O–H groups in total. The number of hydrogen-bond acceptors (Lipinski definition) is 4. The zero-order chi connectivity index (χ0) is 11.3. The van der Waals surface area contributed by atoms with Crippen molar-refractivity contribution in [1.29, 1.82) is 0 Å². The summed E-state index contributed by atoms with van der Waals surface area (Å²) in [5.41, 5.74) is 7.53. The second-order valence-corrected chi connectivity index (χ2v) is 3.29. The van der Waals surface area contributed by atoms with Crippen LogP contribution in [0.15, 0.2) is 18.2 Å². The molecule has 0 amide bonds. The van der Waals surface area contributed by atoms with Crippen LogP contribution < -0.4 is 10.5 Å². The topological polar surface area (TPSA) is 64.7 Å². The number of nitrogens with two attached hydrogens (primary N) is 1. The Morgan fingerprint density at radius 1 is 1.40 bits per heavy atom. The van der Waals surface area contributed by atoms with Gasteiger partial charge >= 0.3 is 0 Å². The summed E-state index contributed by atoms with van der Waals surface area (Å²) in [5.74, 6) is 0.769. The van der Waals surface area contributed by atoms with Gasteiger partial charge < -0.3 is 20.3 Å². The maximum atomic E-state index is 8.95. The fourth-order valence-corrected chi connectivity index (χ4v) is 1.40. The highest BCUT2D eigenvalue weighted by molar-refractivity contribution is 5.38. The molecule has 1 unspecified atom stereocenters. The van der Waals surface area contributed by atoms with Gasteiger partial charge in [0.15, 0.2) is 0 Å². The van der Waals surface area contributed by atoms with E-state index in [1.54, 1.807) is 14.2 Å². The van der Waals surface area contributed by atoms with E-state index in [0.717, 1.165) is 16.9 Å². The molecule has 0 fully saturated rings. The van der Waals surface area contributed by atoms with Crippen LogP contribution in [0.2, 0.25) is 0 Å². The van der Waals surface area contributed by atoms with Gasteiger partial charge in [-0.3, -0.25) is 0 Å². The first kappa shape index (κ1) is 12.0. The van der Waals surface area contributed by atoms with Crippen LogP contribution in [0.5, 0.6) is 5.75 Å². The maximum Gasteiger partial charge on any atom is 0.124 e. The average Bonchev–Trinajstić information content (AvgIpc) is 2.28. The van der Waals surface area contributed by atoms with E-state index in [1.165, 1.54) is 0 Å². The van der Waals surface area contributed by atoms with Gasteiger partial charge in [0.25, 0.3) is 0 Å². The van der Waals surface area contributed by atoms with Gasteiger partial charge in [0, 0.05) is 12.7 Å². The molecular formula is C11H17NO3. The van der Waals surface area contributed by atoms with Crippen LogP contribution in [0, 0.1) is 0 Å². The highest BCUT2D eigenvalue weighted by Crippen LogP contribution is 2.23. The quantitative estimate of drug-likeness (QED) is 0.757. The fourth-order valence-electron chi connectivity index (χ4n) is 1.40. The Morgan fingerprint density at radius 2 is 2.13 bits per heavy atom. The van der Waals surface area contributed by atoms with E-state index in [1.807, 2.05) is 18.2 Å². The van der Waals surface area contributed by atoms with Crippen molar-refractivity contribution < 1.29 is 14.6 Å². The van der Waals surface area contributed by atoms with Gasteiger partial charge in [0.05, 0.1) is 26.4 Å². The third-order valence-corrected chi connectivity index (χ3v) is 2.23. The number of hydrogen-bond donors (Lipinski definition) is 2.